The van der Waals surface area contributed by atoms with Crippen LogP contribution in [0.5, 0.6) is 0 Å². The van der Waals surface area contributed by atoms with Crippen LogP contribution in [0.3, 0.4) is 0 Å². The maximum Gasteiger partial charge on any atom is 0.0408 e. The Kier molecular flexibility index (Phi) is 6.75. The van der Waals surface area contributed by atoms with Gasteiger partial charge < -0.3 is 5.32 Å². The second-order valence-corrected chi connectivity index (χ2v) is 6.64. The van der Waals surface area contributed by atoms with Gasteiger partial charge in [0.1, 0.15) is 0 Å². The van der Waals surface area contributed by atoms with E-state index in [-0.39, 0.29) is 0 Å². The maximum absolute atomic E-state index is 6.10. The molecule has 112 valence electrons. The molecule has 21 heavy (non-hydrogen) atoms. The summed E-state index contributed by atoms with van der Waals surface area (Å²) in [6.45, 7) is 4.24. The summed E-state index contributed by atoms with van der Waals surface area (Å²) in [4.78, 5) is 0. The molecule has 1 nitrogen and oxygen atoms in total. The van der Waals surface area contributed by atoms with Crippen molar-refractivity contribution in [2.75, 3.05) is 13.1 Å². The van der Waals surface area contributed by atoms with E-state index in [1.54, 1.807) is 0 Å². The highest BCUT2D eigenvalue weighted by Crippen LogP contribution is 2.23. The van der Waals surface area contributed by atoms with Crippen molar-refractivity contribution in [3.05, 3.63) is 69.2 Å². The van der Waals surface area contributed by atoms with Crippen molar-refractivity contribution in [3.8, 4) is 0 Å². The van der Waals surface area contributed by atoms with Crippen LogP contribution >= 0.6 is 27.5 Å². The SMILES string of the molecule is CCCNCC(Cc1cccc(Cl)c1)c1ccc(Br)cc1. The average molecular weight is 367 g/mol. The van der Waals surface area contributed by atoms with Crippen LogP contribution in [0.4, 0.5) is 0 Å². The molecule has 3 heteroatoms. The molecule has 0 aliphatic carbocycles. The summed E-state index contributed by atoms with van der Waals surface area (Å²) in [5.41, 5.74) is 2.65. The predicted molar refractivity (Wildman–Crippen MR) is 95.2 cm³/mol. The van der Waals surface area contributed by atoms with Crippen molar-refractivity contribution in [1.82, 2.24) is 5.32 Å². The number of benzene rings is 2. The van der Waals surface area contributed by atoms with Gasteiger partial charge in [0.25, 0.3) is 0 Å². The summed E-state index contributed by atoms with van der Waals surface area (Å²) in [7, 11) is 0. The number of nitrogens with one attached hydrogen (secondary N) is 1. The van der Waals surface area contributed by atoms with Gasteiger partial charge in [0.2, 0.25) is 0 Å². The molecule has 0 aliphatic rings. The molecule has 2 aromatic rings. The van der Waals surface area contributed by atoms with E-state index in [1.165, 1.54) is 11.1 Å². The van der Waals surface area contributed by atoms with Gasteiger partial charge in [-0.15, -0.1) is 0 Å². The Morgan fingerprint density at radius 2 is 1.90 bits per heavy atom. The highest BCUT2D eigenvalue weighted by atomic mass is 79.9. The van der Waals surface area contributed by atoms with Crippen molar-refractivity contribution >= 4 is 27.5 Å². The number of hydrogen-bond acceptors (Lipinski definition) is 1. The van der Waals surface area contributed by atoms with Crippen LogP contribution in [0.25, 0.3) is 0 Å². The maximum atomic E-state index is 6.10. The zero-order chi connectivity index (χ0) is 15.1. The zero-order valence-electron chi connectivity index (χ0n) is 12.3. The smallest absolute Gasteiger partial charge is 0.0408 e. The fourth-order valence-electron chi connectivity index (χ4n) is 2.44. The van der Waals surface area contributed by atoms with Gasteiger partial charge in [-0.2, -0.15) is 0 Å². The zero-order valence-corrected chi connectivity index (χ0v) is 14.6. The third-order valence-electron chi connectivity index (χ3n) is 3.53. The molecular weight excluding hydrogens is 346 g/mol. The molecule has 0 fully saturated rings. The monoisotopic (exact) mass is 365 g/mol. The van der Waals surface area contributed by atoms with Crippen molar-refractivity contribution in [3.63, 3.8) is 0 Å². The first-order valence-electron chi connectivity index (χ1n) is 7.39. The summed E-state index contributed by atoms with van der Waals surface area (Å²) in [5.74, 6) is 0.461. The van der Waals surface area contributed by atoms with E-state index in [0.717, 1.165) is 35.4 Å². The highest BCUT2D eigenvalue weighted by molar-refractivity contribution is 9.10. The molecule has 1 unspecified atom stereocenters. The quantitative estimate of drug-likeness (QED) is 0.644. The van der Waals surface area contributed by atoms with E-state index in [4.69, 9.17) is 11.6 Å². The van der Waals surface area contributed by atoms with Gasteiger partial charge in [-0.1, -0.05) is 58.7 Å². The molecule has 2 rings (SSSR count). The van der Waals surface area contributed by atoms with Crippen LogP contribution in [0.15, 0.2) is 53.0 Å². The lowest BCUT2D eigenvalue weighted by Crippen LogP contribution is -2.23. The molecule has 1 N–H and O–H groups in total. The molecule has 0 bridgehead atoms. The van der Waals surface area contributed by atoms with E-state index >= 15 is 0 Å². The first kappa shape index (κ1) is 16.5. The Morgan fingerprint density at radius 1 is 1.14 bits per heavy atom. The van der Waals surface area contributed by atoms with Crippen LogP contribution in [-0.4, -0.2) is 13.1 Å². The van der Waals surface area contributed by atoms with Crippen molar-refractivity contribution in [2.24, 2.45) is 0 Å². The van der Waals surface area contributed by atoms with Crippen LogP contribution in [0.2, 0.25) is 5.02 Å². The summed E-state index contributed by atoms with van der Waals surface area (Å²) in [6.07, 6.45) is 2.16. The van der Waals surface area contributed by atoms with E-state index < -0.39 is 0 Å². The fraction of sp³-hybridized carbons (Fsp3) is 0.333. The third-order valence-corrected chi connectivity index (χ3v) is 4.29. The van der Waals surface area contributed by atoms with Gasteiger partial charge in [-0.3, -0.25) is 0 Å². The third kappa shape index (κ3) is 5.46. The Morgan fingerprint density at radius 3 is 2.57 bits per heavy atom. The minimum atomic E-state index is 0.461. The Bertz CT molecular complexity index is 553. The second-order valence-electron chi connectivity index (χ2n) is 5.29. The van der Waals surface area contributed by atoms with E-state index in [9.17, 15) is 0 Å². The molecule has 0 radical (unpaired) electrons. The van der Waals surface area contributed by atoms with E-state index in [2.05, 4.69) is 64.6 Å². The van der Waals surface area contributed by atoms with Crippen molar-refractivity contribution in [1.29, 1.82) is 0 Å². The van der Waals surface area contributed by atoms with Crippen LogP contribution < -0.4 is 5.32 Å². The predicted octanol–water partition coefficient (Wildman–Crippen LogP) is 5.43. The molecule has 0 amide bonds. The number of halogens is 2. The normalized spacial score (nSPS) is 12.3. The molecule has 2 aromatic carbocycles. The topological polar surface area (TPSA) is 12.0 Å². The Hall–Kier alpha value is -0.830. The van der Waals surface area contributed by atoms with Gasteiger partial charge in [0.15, 0.2) is 0 Å². The summed E-state index contributed by atoms with van der Waals surface area (Å²) >= 11 is 9.60. The van der Waals surface area contributed by atoms with Gasteiger partial charge in [-0.05, 0) is 54.8 Å². The second kappa shape index (κ2) is 8.57. The van der Waals surface area contributed by atoms with Crippen LogP contribution in [-0.2, 0) is 6.42 Å². The minimum Gasteiger partial charge on any atom is -0.316 e. The molecular formula is C18H21BrClN. The summed E-state index contributed by atoms with van der Waals surface area (Å²) < 4.78 is 1.12. The van der Waals surface area contributed by atoms with Gasteiger partial charge in [0, 0.05) is 22.0 Å². The average Bonchev–Trinajstić information content (AvgIpc) is 2.47. The largest absolute Gasteiger partial charge is 0.316 e. The molecule has 0 saturated heterocycles. The number of hydrogen-bond donors (Lipinski definition) is 1. The van der Waals surface area contributed by atoms with Gasteiger partial charge in [-0.25, -0.2) is 0 Å². The standard InChI is InChI=1S/C18H21BrClN/c1-2-10-21-13-16(15-6-8-17(19)9-7-15)11-14-4-3-5-18(20)12-14/h3-9,12,16,21H,2,10-11,13H2,1H3. The Balaban J connectivity index is 2.13. The van der Waals surface area contributed by atoms with E-state index in [1.807, 2.05) is 12.1 Å². The lowest BCUT2D eigenvalue weighted by molar-refractivity contribution is 0.576. The van der Waals surface area contributed by atoms with E-state index in [0.29, 0.717) is 5.92 Å². The first-order valence-corrected chi connectivity index (χ1v) is 8.56. The van der Waals surface area contributed by atoms with Crippen molar-refractivity contribution in [2.45, 2.75) is 25.7 Å². The van der Waals surface area contributed by atoms with Crippen molar-refractivity contribution < 1.29 is 0 Å². The molecule has 0 aromatic heterocycles. The molecule has 0 saturated carbocycles. The highest BCUT2D eigenvalue weighted by Gasteiger charge is 2.12. The molecule has 1 atom stereocenters. The molecule has 0 spiro atoms. The fourth-order valence-corrected chi connectivity index (χ4v) is 2.92. The van der Waals surface area contributed by atoms with Crippen LogP contribution in [0.1, 0.15) is 30.4 Å². The first-order chi connectivity index (χ1) is 10.2. The Labute approximate surface area is 140 Å². The molecule has 0 heterocycles. The number of rotatable bonds is 7. The minimum absolute atomic E-state index is 0.461. The lowest BCUT2D eigenvalue weighted by Gasteiger charge is -2.18. The molecule has 0 aliphatic heterocycles. The summed E-state index contributed by atoms with van der Waals surface area (Å²) in [5, 5.41) is 4.35. The summed E-state index contributed by atoms with van der Waals surface area (Å²) in [6, 6.07) is 16.8. The van der Waals surface area contributed by atoms with Crippen LogP contribution in [0, 0.1) is 0 Å². The lowest BCUT2D eigenvalue weighted by atomic mass is 9.92. The van der Waals surface area contributed by atoms with Gasteiger partial charge in [0.05, 0.1) is 0 Å². The van der Waals surface area contributed by atoms with Gasteiger partial charge >= 0.3 is 0 Å².